The lowest BCUT2D eigenvalue weighted by Gasteiger charge is -2.28. The molecule has 256 valence electrons. The van der Waals surface area contributed by atoms with Crippen LogP contribution in [0.1, 0.15) is 36.6 Å². The number of nitrogens with one attached hydrogen (secondary N) is 3. The fraction of sp³-hybridized carbons (Fsp3) is 0.205. The number of fused-ring (bicyclic) bond motifs is 2. The van der Waals surface area contributed by atoms with Gasteiger partial charge in [-0.2, -0.15) is 5.10 Å². The molecule has 0 fully saturated rings. The lowest BCUT2D eigenvalue weighted by molar-refractivity contribution is -0.136. The Bertz CT molecular complexity index is 2090. The molecule has 1 aliphatic heterocycles. The van der Waals surface area contributed by atoms with Gasteiger partial charge >= 0.3 is 12.0 Å². The molecule has 0 aliphatic carbocycles. The number of hydrogen-bond acceptors (Lipinski definition) is 9. The van der Waals surface area contributed by atoms with Crippen molar-refractivity contribution in [2.45, 2.75) is 32.7 Å². The van der Waals surface area contributed by atoms with E-state index in [4.69, 9.17) is 18.9 Å². The number of rotatable bonds is 13. The monoisotopic (exact) mass is 674 g/mol. The second-order valence-electron chi connectivity index (χ2n) is 11.5. The van der Waals surface area contributed by atoms with Crippen LogP contribution in [0.4, 0.5) is 4.79 Å². The average Bonchev–Trinajstić information content (AvgIpc) is 3.13. The summed E-state index contributed by atoms with van der Waals surface area (Å²) >= 11 is 0. The fourth-order valence-corrected chi connectivity index (χ4v) is 5.92. The molecule has 5 aromatic carbocycles. The number of carbonyl (C=O) groups is 2. The molecule has 6 rings (SSSR count). The SMILES string of the molecule is CCOc1cc([C@@H]2NC(=O)NC(C)=C2C(=O)OC)ccc1OC[C@@H](O)N/N=C/c1c(OCc2cccc3ccccc23)ccc2ccccc12. The van der Waals surface area contributed by atoms with Crippen molar-refractivity contribution in [3.8, 4) is 17.2 Å². The van der Waals surface area contributed by atoms with Crippen molar-refractivity contribution in [1.29, 1.82) is 0 Å². The Morgan fingerprint density at radius 1 is 0.900 bits per heavy atom. The number of methoxy groups -OCH3 is 1. The molecule has 0 saturated carbocycles. The highest BCUT2D eigenvalue weighted by Crippen LogP contribution is 2.35. The Morgan fingerprint density at radius 3 is 2.40 bits per heavy atom. The molecule has 11 heteroatoms. The van der Waals surface area contributed by atoms with Gasteiger partial charge in [-0.15, -0.1) is 0 Å². The van der Waals surface area contributed by atoms with E-state index in [1.807, 2.05) is 61.5 Å². The van der Waals surface area contributed by atoms with E-state index in [1.165, 1.54) is 7.11 Å². The summed E-state index contributed by atoms with van der Waals surface area (Å²) in [4.78, 5) is 24.8. The number of amides is 2. The number of ether oxygens (including phenoxy) is 4. The Hall–Kier alpha value is -6.07. The largest absolute Gasteiger partial charge is 0.490 e. The van der Waals surface area contributed by atoms with E-state index in [2.05, 4.69) is 45.4 Å². The first kappa shape index (κ1) is 33.8. The number of hydrazone groups is 1. The molecule has 0 unspecified atom stereocenters. The van der Waals surface area contributed by atoms with Crippen LogP contribution in [-0.2, 0) is 16.1 Å². The first-order chi connectivity index (χ1) is 24.4. The number of urea groups is 1. The predicted molar refractivity (Wildman–Crippen MR) is 191 cm³/mol. The van der Waals surface area contributed by atoms with Crippen LogP contribution in [0.15, 0.2) is 113 Å². The van der Waals surface area contributed by atoms with Crippen LogP contribution >= 0.6 is 0 Å². The van der Waals surface area contributed by atoms with Crippen molar-refractivity contribution in [3.63, 3.8) is 0 Å². The summed E-state index contributed by atoms with van der Waals surface area (Å²) in [5.41, 5.74) is 5.82. The molecule has 4 N–H and O–H groups in total. The first-order valence-corrected chi connectivity index (χ1v) is 16.2. The summed E-state index contributed by atoms with van der Waals surface area (Å²) in [5.74, 6) is 0.818. The van der Waals surface area contributed by atoms with Crippen molar-refractivity contribution < 1.29 is 33.6 Å². The van der Waals surface area contributed by atoms with Crippen LogP contribution in [-0.4, -0.2) is 49.9 Å². The molecule has 1 heterocycles. The lowest BCUT2D eigenvalue weighted by atomic mass is 9.95. The summed E-state index contributed by atoms with van der Waals surface area (Å²) in [6.07, 6.45) is 0.460. The van der Waals surface area contributed by atoms with Crippen molar-refractivity contribution in [3.05, 3.63) is 125 Å². The van der Waals surface area contributed by atoms with Crippen LogP contribution < -0.4 is 30.3 Å². The maximum absolute atomic E-state index is 12.5. The molecule has 0 spiro atoms. The maximum atomic E-state index is 12.5. The molecule has 0 radical (unpaired) electrons. The second kappa shape index (κ2) is 15.4. The van der Waals surface area contributed by atoms with E-state index in [0.29, 0.717) is 41.7 Å². The van der Waals surface area contributed by atoms with Gasteiger partial charge in [0.15, 0.2) is 17.7 Å². The Labute approximate surface area is 289 Å². The Kier molecular flexibility index (Phi) is 10.4. The molecular weight excluding hydrogens is 636 g/mol. The van der Waals surface area contributed by atoms with Gasteiger partial charge < -0.3 is 34.7 Å². The normalized spacial score (nSPS) is 15.0. The highest BCUT2D eigenvalue weighted by molar-refractivity contribution is 6.02. The molecule has 1 aliphatic rings. The van der Waals surface area contributed by atoms with Gasteiger partial charge in [-0.1, -0.05) is 78.9 Å². The van der Waals surface area contributed by atoms with Crippen molar-refractivity contribution in [2.24, 2.45) is 5.10 Å². The number of carbonyl (C=O) groups excluding carboxylic acids is 2. The van der Waals surface area contributed by atoms with E-state index in [9.17, 15) is 14.7 Å². The van der Waals surface area contributed by atoms with Gasteiger partial charge in [-0.25, -0.2) is 9.59 Å². The summed E-state index contributed by atoms with van der Waals surface area (Å²) in [7, 11) is 1.28. The van der Waals surface area contributed by atoms with E-state index < -0.39 is 24.3 Å². The van der Waals surface area contributed by atoms with Gasteiger partial charge in [-0.05, 0) is 64.7 Å². The zero-order chi connectivity index (χ0) is 35.0. The van der Waals surface area contributed by atoms with Crippen molar-refractivity contribution in [1.82, 2.24) is 16.1 Å². The van der Waals surface area contributed by atoms with E-state index >= 15 is 0 Å². The van der Waals surface area contributed by atoms with Crippen LogP contribution in [0.3, 0.4) is 0 Å². The van der Waals surface area contributed by atoms with Crippen LogP contribution in [0.25, 0.3) is 21.5 Å². The average molecular weight is 675 g/mol. The van der Waals surface area contributed by atoms with Gasteiger partial charge in [0.1, 0.15) is 19.0 Å². The van der Waals surface area contributed by atoms with Gasteiger partial charge in [0.2, 0.25) is 0 Å². The Morgan fingerprint density at radius 2 is 1.62 bits per heavy atom. The van der Waals surface area contributed by atoms with E-state index in [1.54, 1.807) is 31.3 Å². The van der Waals surface area contributed by atoms with Gasteiger partial charge in [0.05, 0.1) is 31.5 Å². The van der Waals surface area contributed by atoms with Gasteiger partial charge in [0.25, 0.3) is 0 Å². The summed E-state index contributed by atoms with van der Waals surface area (Å²) in [6, 6.07) is 30.1. The second-order valence-corrected chi connectivity index (χ2v) is 11.5. The molecule has 0 bridgehead atoms. The number of nitrogens with zero attached hydrogens (tertiary/aromatic N) is 1. The predicted octanol–water partition coefficient (Wildman–Crippen LogP) is 6.09. The number of benzene rings is 5. The number of aliphatic hydroxyl groups is 1. The van der Waals surface area contributed by atoms with Crippen LogP contribution in [0.2, 0.25) is 0 Å². The van der Waals surface area contributed by atoms with Crippen molar-refractivity contribution in [2.75, 3.05) is 20.3 Å². The third-order valence-corrected chi connectivity index (χ3v) is 8.28. The summed E-state index contributed by atoms with van der Waals surface area (Å²) in [5, 5.41) is 24.7. The highest BCUT2D eigenvalue weighted by Gasteiger charge is 2.32. The molecule has 2 atom stereocenters. The zero-order valence-corrected chi connectivity index (χ0v) is 27.9. The quantitative estimate of drug-likeness (QED) is 0.0509. The summed E-state index contributed by atoms with van der Waals surface area (Å²) < 4.78 is 23.0. The third-order valence-electron chi connectivity index (χ3n) is 8.28. The number of aliphatic hydroxyl groups excluding tert-OH is 1. The minimum absolute atomic E-state index is 0.159. The molecule has 50 heavy (non-hydrogen) atoms. The minimum Gasteiger partial charge on any atom is -0.490 e. The van der Waals surface area contributed by atoms with Crippen LogP contribution in [0.5, 0.6) is 17.2 Å². The molecule has 2 amide bonds. The smallest absolute Gasteiger partial charge is 0.337 e. The van der Waals surface area contributed by atoms with Gasteiger partial charge in [0, 0.05) is 11.3 Å². The Balaban J connectivity index is 1.15. The maximum Gasteiger partial charge on any atom is 0.337 e. The molecule has 5 aromatic rings. The van der Waals surface area contributed by atoms with E-state index in [0.717, 1.165) is 32.7 Å². The van der Waals surface area contributed by atoms with Crippen molar-refractivity contribution >= 4 is 39.8 Å². The zero-order valence-electron chi connectivity index (χ0n) is 27.9. The summed E-state index contributed by atoms with van der Waals surface area (Å²) in [6.45, 7) is 4.00. The number of allylic oxidation sites excluding steroid dienone is 1. The standard InChI is InChI=1S/C39H38N4O7/c1-4-48-34-20-27(37-36(38(45)47-3)24(2)41-39(46)42-37)17-19-33(34)50-23-35(44)43-40-21-31-30-15-8-6-11-26(30)16-18-32(31)49-22-28-13-9-12-25-10-5-7-14-29(25)28/h5-21,35,37,43-44H,4,22-23H2,1-3H3,(H2,41,42,46)/b40-21+/t35-,37+/m1/s1. The fourth-order valence-electron chi connectivity index (χ4n) is 5.92. The van der Waals surface area contributed by atoms with Crippen LogP contribution in [0, 0.1) is 0 Å². The number of hydrogen-bond donors (Lipinski definition) is 4. The molecular formula is C39H38N4O7. The lowest BCUT2D eigenvalue weighted by Crippen LogP contribution is -2.45. The molecule has 0 aromatic heterocycles. The van der Waals surface area contributed by atoms with Gasteiger partial charge in [-0.3, -0.25) is 5.43 Å². The third kappa shape index (κ3) is 7.48. The van der Waals surface area contributed by atoms with E-state index in [-0.39, 0.29) is 12.2 Å². The minimum atomic E-state index is -1.17. The molecule has 11 nitrogen and oxygen atoms in total. The first-order valence-electron chi connectivity index (χ1n) is 16.2. The topological polar surface area (TPSA) is 140 Å². The number of esters is 1. The highest BCUT2D eigenvalue weighted by atomic mass is 16.5. The molecule has 0 saturated heterocycles.